The Morgan fingerprint density at radius 3 is 3.14 bits per heavy atom. The highest BCUT2D eigenvalue weighted by atomic mass is 19.1. The number of nitrogens with zero attached hydrogens (tertiary/aromatic N) is 3. The Hall–Kier alpha value is -2.02. The van der Waals surface area contributed by atoms with E-state index in [2.05, 4.69) is 4.98 Å². The molecule has 4 heterocycles. The SMILES string of the molecule is O=C(c1ccncc1F)N1CC[C@@]23OCCCN2C(=O)C[C@@H]13. The van der Waals surface area contributed by atoms with Gasteiger partial charge in [-0.25, -0.2) is 4.39 Å². The number of aromatic nitrogens is 1. The molecular formula is C15H16FN3O3. The van der Waals surface area contributed by atoms with E-state index in [-0.39, 0.29) is 23.9 Å². The van der Waals surface area contributed by atoms with Crippen molar-refractivity contribution in [2.24, 2.45) is 0 Å². The van der Waals surface area contributed by atoms with Crippen LogP contribution in [0.1, 0.15) is 29.6 Å². The molecule has 22 heavy (non-hydrogen) atoms. The summed E-state index contributed by atoms with van der Waals surface area (Å²) >= 11 is 0. The topological polar surface area (TPSA) is 62.7 Å². The lowest BCUT2D eigenvalue weighted by molar-refractivity contribution is -0.179. The lowest BCUT2D eigenvalue weighted by atomic mass is 10.0. The number of amides is 2. The lowest BCUT2D eigenvalue weighted by Gasteiger charge is -2.42. The third-order valence-electron chi connectivity index (χ3n) is 4.88. The molecule has 0 aliphatic carbocycles. The second kappa shape index (κ2) is 4.74. The largest absolute Gasteiger partial charge is 0.353 e. The van der Waals surface area contributed by atoms with Gasteiger partial charge in [-0.1, -0.05) is 0 Å². The van der Waals surface area contributed by atoms with Crippen LogP contribution in [0, 0.1) is 5.82 Å². The van der Waals surface area contributed by atoms with E-state index in [1.165, 1.54) is 12.3 Å². The lowest BCUT2D eigenvalue weighted by Crippen LogP contribution is -2.56. The summed E-state index contributed by atoms with van der Waals surface area (Å²) in [6.45, 7) is 1.72. The maximum absolute atomic E-state index is 13.8. The summed E-state index contributed by atoms with van der Waals surface area (Å²) in [5.41, 5.74) is -0.706. The Morgan fingerprint density at radius 1 is 1.45 bits per heavy atom. The Kier molecular flexibility index (Phi) is 2.94. The molecule has 0 bridgehead atoms. The van der Waals surface area contributed by atoms with Gasteiger partial charge in [-0.15, -0.1) is 0 Å². The molecule has 3 aliphatic rings. The summed E-state index contributed by atoms with van der Waals surface area (Å²) in [4.78, 5) is 31.9. The van der Waals surface area contributed by atoms with E-state index in [0.717, 1.165) is 12.6 Å². The van der Waals surface area contributed by atoms with Gasteiger partial charge in [0.25, 0.3) is 5.91 Å². The molecule has 0 aromatic carbocycles. The number of carbonyl (C=O) groups is 2. The van der Waals surface area contributed by atoms with Crippen molar-refractivity contribution in [1.82, 2.24) is 14.8 Å². The van der Waals surface area contributed by atoms with Crippen LogP contribution in [-0.4, -0.2) is 58.1 Å². The van der Waals surface area contributed by atoms with Crippen molar-refractivity contribution in [2.75, 3.05) is 19.7 Å². The van der Waals surface area contributed by atoms with Crippen molar-refractivity contribution in [3.8, 4) is 0 Å². The second-order valence-corrected chi connectivity index (χ2v) is 5.92. The fraction of sp³-hybridized carbons (Fsp3) is 0.533. The molecule has 1 aromatic heterocycles. The van der Waals surface area contributed by atoms with E-state index in [1.54, 1.807) is 9.80 Å². The van der Waals surface area contributed by atoms with E-state index in [9.17, 15) is 14.0 Å². The third-order valence-corrected chi connectivity index (χ3v) is 4.88. The molecule has 3 fully saturated rings. The van der Waals surface area contributed by atoms with Crippen LogP contribution in [0.5, 0.6) is 0 Å². The van der Waals surface area contributed by atoms with E-state index in [4.69, 9.17) is 4.74 Å². The summed E-state index contributed by atoms with van der Waals surface area (Å²) in [6.07, 6.45) is 4.07. The van der Waals surface area contributed by atoms with Crippen LogP contribution >= 0.6 is 0 Å². The molecule has 4 rings (SSSR count). The number of pyridine rings is 1. The van der Waals surface area contributed by atoms with Gasteiger partial charge in [-0.05, 0) is 12.5 Å². The Labute approximate surface area is 126 Å². The molecule has 0 radical (unpaired) electrons. The average Bonchev–Trinajstić information content (AvgIpc) is 3.00. The van der Waals surface area contributed by atoms with Crippen molar-refractivity contribution >= 4 is 11.8 Å². The summed E-state index contributed by atoms with van der Waals surface area (Å²) < 4.78 is 19.8. The summed E-state index contributed by atoms with van der Waals surface area (Å²) in [5.74, 6) is -1.03. The van der Waals surface area contributed by atoms with Gasteiger partial charge in [0, 0.05) is 25.7 Å². The third kappa shape index (κ3) is 1.71. The van der Waals surface area contributed by atoms with E-state index in [1.807, 2.05) is 0 Å². The van der Waals surface area contributed by atoms with Crippen molar-refractivity contribution in [3.05, 3.63) is 29.8 Å². The van der Waals surface area contributed by atoms with Gasteiger partial charge in [0.15, 0.2) is 11.5 Å². The zero-order chi connectivity index (χ0) is 15.3. The average molecular weight is 305 g/mol. The number of rotatable bonds is 1. The van der Waals surface area contributed by atoms with Crippen molar-refractivity contribution < 1.29 is 18.7 Å². The van der Waals surface area contributed by atoms with Crippen molar-refractivity contribution in [1.29, 1.82) is 0 Å². The number of halogens is 1. The van der Waals surface area contributed by atoms with Crippen molar-refractivity contribution in [2.45, 2.75) is 31.0 Å². The van der Waals surface area contributed by atoms with Crippen LogP contribution in [0.4, 0.5) is 4.39 Å². The highest BCUT2D eigenvalue weighted by molar-refractivity contribution is 5.96. The summed E-state index contributed by atoms with van der Waals surface area (Å²) in [6, 6.07) is 1.04. The van der Waals surface area contributed by atoms with Gasteiger partial charge in [0.1, 0.15) is 0 Å². The first-order valence-electron chi connectivity index (χ1n) is 7.48. The minimum absolute atomic E-state index is 0.00578. The van der Waals surface area contributed by atoms with Crippen LogP contribution in [0.25, 0.3) is 0 Å². The van der Waals surface area contributed by atoms with Gasteiger partial charge in [0.05, 0.1) is 30.8 Å². The normalized spacial score (nSPS) is 30.4. The van der Waals surface area contributed by atoms with E-state index >= 15 is 0 Å². The minimum atomic E-state index is -0.700. The van der Waals surface area contributed by atoms with Gasteiger partial charge in [0.2, 0.25) is 5.91 Å². The number of hydrogen-bond donors (Lipinski definition) is 0. The standard InChI is InChI=1S/C15H16FN3O3/c16-11-9-17-4-2-10(11)14(21)18-6-3-15-12(18)8-13(20)19(15)5-1-7-22-15/h2,4,9,12H,1,3,5-8H2/t12-,15+/m1/s1. The van der Waals surface area contributed by atoms with Gasteiger partial charge >= 0.3 is 0 Å². The minimum Gasteiger partial charge on any atom is -0.353 e. The van der Waals surface area contributed by atoms with Gasteiger partial charge < -0.3 is 14.5 Å². The molecule has 0 unspecified atom stereocenters. The fourth-order valence-corrected chi connectivity index (χ4v) is 3.90. The fourth-order valence-electron chi connectivity index (χ4n) is 3.90. The van der Waals surface area contributed by atoms with Gasteiger partial charge in [-0.2, -0.15) is 0 Å². The predicted octanol–water partition coefficient (Wildman–Crippen LogP) is 0.784. The zero-order valence-corrected chi connectivity index (χ0v) is 12.0. The molecule has 7 heteroatoms. The predicted molar refractivity (Wildman–Crippen MR) is 73.3 cm³/mol. The molecule has 3 saturated heterocycles. The number of carbonyl (C=O) groups excluding carboxylic acids is 2. The Morgan fingerprint density at radius 2 is 2.32 bits per heavy atom. The molecule has 2 amide bonds. The van der Waals surface area contributed by atoms with Gasteiger partial charge in [-0.3, -0.25) is 14.6 Å². The monoisotopic (exact) mass is 305 g/mol. The molecule has 6 nitrogen and oxygen atoms in total. The highest BCUT2D eigenvalue weighted by Crippen LogP contribution is 2.45. The maximum Gasteiger partial charge on any atom is 0.257 e. The van der Waals surface area contributed by atoms with Crippen LogP contribution < -0.4 is 0 Å². The van der Waals surface area contributed by atoms with Crippen LogP contribution in [0.2, 0.25) is 0 Å². The van der Waals surface area contributed by atoms with E-state index < -0.39 is 17.4 Å². The quantitative estimate of drug-likeness (QED) is 0.769. The maximum atomic E-state index is 13.8. The Balaban J connectivity index is 1.67. The molecule has 0 saturated carbocycles. The zero-order valence-electron chi connectivity index (χ0n) is 12.0. The van der Waals surface area contributed by atoms with Crippen LogP contribution in [0.15, 0.2) is 18.5 Å². The first kappa shape index (κ1) is 13.6. The first-order chi connectivity index (χ1) is 10.6. The molecular weight excluding hydrogens is 289 g/mol. The van der Waals surface area contributed by atoms with Crippen LogP contribution in [0.3, 0.4) is 0 Å². The molecule has 3 aliphatic heterocycles. The summed E-state index contributed by atoms with van der Waals surface area (Å²) in [5, 5.41) is 0. The Bertz CT molecular complexity index is 653. The van der Waals surface area contributed by atoms with Crippen LogP contribution in [-0.2, 0) is 9.53 Å². The molecule has 2 atom stereocenters. The number of likely N-dealkylation sites (tertiary alicyclic amines) is 1. The first-order valence-corrected chi connectivity index (χ1v) is 7.48. The smallest absolute Gasteiger partial charge is 0.257 e. The molecule has 1 spiro atoms. The molecule has 116 valence electrons. The van der Waals surface area contributed by atoms with E-state index in [0.29, 0.717) is 26.1 Å². The molecule has 1 aromatic rings. The van der Waals surface area contributed by atoms with Crippen molar-refractivity contribution in [3.63, 3.8) is 0 Å². The molecule has 0 N–H and O–H groups in total. The highest BCUT2D eigenvalue weighted by Gasteiger charge is 2.61. The number of hydrogen-bond acceptors (Lipinski definition) is 4. The number of ether oxygens (including phenoxy) is 1. The second-order valence-electron chi connectivity index (χ2n) is 5.92. The summed E-state index contributed by atoms with van der Waals surface area (Å²) in [7, 11) is 0.